The van der Waals surface area contributed by atoms with Crippen molar-refractivity contribution in [2.45, 2.75) is 0 Å². The van der Waals surface area contributed by atoms with Gasteiger partial charge in [-0.3, -0.25) is 0 Å². The zero-order valence-electron chi connectivity index (χ0n) is 16.2. The van der Waals surface area contributed by atoms with Crippen molar-refractivity contribution in [3.05, 3.63) is 36.4 Å². The molecule has 0 N–H and O–H groups in total. The summed E-state index contributed by atoms with van der Waals surface area (Å²) in [5.41, 5.74) is -1.85. The van der Waals surface area contributed by atoms with Gasteiger partial charge in [0.05, 0.1) is 37.0 Å². The van der Waals surface area contributed by atoms with Crippen LogP contribution in [-0.4, -0.2) is 62.8 Å². The summed E-state index contributed by atoms with van der Waals surface area (Å²) in [6.45, 7) is 2.55. The van der Waals surface area contributed by atoms with Gasteiger partial charge >= 0.3 is 88.7 Å². The monoisotopic (exact) mass is 496 g/mol. The largest absolute Gasteiger partial charge is 1.00 e. The molecule has 1 aromatic rings. The second-order valence-corrected chi connectivity index (χ2v) is 9.88. The predicted molar refractivity (Wildman–Crippen MR) is 88.2 cm³/mol. The third-order valence-electron chi connectivity index (χ3n) is 3.11. The summed E-state index contributed by atoms with van der Waals surface area (Å²) in [5.74, 6) is -4.66. The Balaban J connectivity index is -0.00000225. The molecule has 0 aliphatic carbocycles. The van der Waals surface area contributed by atoms with Crippen LogP contribution in [-0.2, 0) is 30.4 Å². The fraction of sp³-hybridized carbons (Fsp3) is 0.385. The van der Waals surface area contributed by atoms with Crippen LogP contribution in [0.2, 0.25) is 0 Å². The average molecular weight is 496 g/mol. The Kier molecular flexibility index (Phi) is 16.8. The van der Waals surface area contributed by atoms with Gasteiger partial charge in [0.15, 0.2) is 0 Å². The van der Waals surface area contributed by atoms with Crippen molar-refractivity contribution in [1.82, 2.24) is 0 Å². The smallest absolute Gasteiger partial charge is 0.748 e. The summed E-state index contributed by atoms with van der Waals surface area (Å²) in [5, 5.41) is 0. The second-order valence-electron chi connectivity index (χ2n) is 5.67. The van der Waals surface area contributed by atoms with E-state index in [-0.39, 0.29) is 94.4 Å². The maximum Gasteiger partial charge on any atom is 1.00 e. The molecule has 0 amide bonds. The number of ether oxygens (including phenoxy) is 1. The van der Waals surface area contributed by atoms with Crippen molar-refractivity contribution >= 4 is 36.4 Å². The van der Waals surface area contributed by atoms with E-state index in [4.69, 9.17) is 4.74 Å². The number of hydrogen-bond acceptors (Lipinski definition) is 10. The molecular weight excluding hydrogens is 481 g/mol. The van der Waals surface area contributed by atoms with Crippen molar-refractivity contribution in [2.75, 3.05) is 23.9 Å². The Hall–Kier alpha value is 1.49. The van der Waals surface area contributed by atoms with E-state index in [1.807, 2.05) is 0 Å². The first kappa shape index (κ1) is 35.1. The molecule has 0 aliphatic heterocycles. The van der Waals surface area contributed by atoms with Gasteiger partial charge in [-0.25, -0.2) is 25.3 Å². The van der Waals surface area contributed by atoms with Crippen molar-refractivity contribution in [2.24, 2.45) is 5.41 Å². The molecule has 29 heavy (non-hydrogen) atoms. The molecule has 0 unspecified atom stereocenters. The van der Waals surface area contributed by atoms with Crippen LogP contribution >= 0.6 is 0 Å². The van der Waals surface area contributed by atoms with Gasteiger partial charge in [0.25, 0.3) is 0 Å². The van der Waals surface area contributed by atoms with E-state index in [2.05, 4.69) is 6.58 Å². The molecule has 1 rings (SSSR count). The molecule has 10 nitrogen and oxygen atoms in total. The topological polar surface area (TPSA) is 181 Å². The van der Waals surface area contributed by atoms with Crippen molar-refractivity contribution < 1.29 is 132 Å². The maximum absolute atomic E-state index is 11.1. The third-order valence-corrected chi connectivity index (χ3v) is 6.01. The molecule has 16 heteroatoms. The minimum absolute atomic E-state index is 0. The van der Waals surface area contributed by atoms with Crippen LogP contribution in [0.15, 0.2) is 30.8 Å². The van der Waals surface area contributed by atoms with E-state index < -0.39 is 59.6 Å². The molecule has 0 saturated carbocycles. The zero-order valence-corrected chi connectivity index (χ0v) is 24.7. The first-order chi connectivity index (χ1) is 11.6. The Morgan fingerprint density at radius 2 is 1.14 bits per heavy atom. The minimum atomic E-state index is -5.19. The van der Waals surface area contributed by atoms with Crippen LogP contribution in [0.4, 0.5) is 0 Å². The molecule has 0 heterocycles. The Morgan fingerprint density at radius 3 is 1.41 bits per heavy atom. The Morgan fingerprint density at radius 1 is 0.793 bits per heavy atom. The first-order valence-electron chi connectivity index (χ1n) is 6.79. The van der Waals surface area contributed by atoms with Crippen LogP contribution < -0.4 is 93.4 Å². The fourth-order valence-electron chi connectivity index (χ4n) is 2.31. The summed E-state index contributed by atoms with van der Waals surface area (Å²) < 4.78 is 105. The van der Waals surface area contributed by atoms with Crippen molar-refractivity contribution in [3.63, 3.8) is 0 Å². The van der Waals surface area contributed by atoms with E-state index in [0.717, 1.165) is 0 Å². The summed E-state index contributed by atoms with van der Waals surface area (Å²) in [7, 11) is -15.6. The predicted octanol–water partition coefficient (Wildman–Crippen LogP) is -9.66. The molecule has 0 spiro atoms. The average Bonchev–Trinajstić information content (AvgIpc) is 2.40. The maximum atomic E-state index is 11.1. The summed E-state index contributed by atoms with van der Waals surface area (Å²) >= 11 is 0. The molecule has 148 valence electrons. The Bertz CT molecular complexity index is 874. The number of rotatable bonds is 10. The van der Waals surface area contributed by atoms with Crippen molar-refractivity contribution in [1.29, 1.82) is 0 Å². The summed E-state index contributed by atoms with van der Waals surface area (Å²) in [6.07, 6.45) is 1.51. The van der Waals surface area contributed by atoms with E-state index in [9.17, 15) is 38.9 Å². The fourth-order valence-corrected chi connectivity index (χ4v) is 5.81. The molecule has 0 radical (unpaired) electrons. The molecule has 0 fully saturated rings. The van der Waals surface area contributed by atoms with Crippen LogP contribution in [0.5, 0.6) is 5.75 Å². The van der Waals surface area contributed by atoms with Crippen LogP contribution in [0.25, 0.3) is 6.08 Å². The van der Waals surface area contributed by atoms with Gasteiger partial charge in [0.1, 0.15) is 5.75 Å². The first-order valence-corrected chi connectivity index (χ1v) is 11.5. The Labute approximate surface area is 237 Å². The van der Waals surface area contributed by atoms with Gasteiger partial charge < -0.3 is 18.4 Å². The van der Waals surface area contributed by atoms with E-state index >= 15 is 0 Å². The van der Waals surface area contributed by atoms with Crippen molar-refractivity contribution in [3.8, 4) is 5.75 Å². The molecule has 0 aromatic heterocycles. The van der Waals surface area contributed by atoms with E-state index in [0.29, 0.717) is 5.56 Å². The third kappa shape index (κ3) is 15.9. The van der Waals surface area contributed by atoms with Gasteiger partial charge in [-0.15, -0.1) is 0 Å². The summed E-state index contributed by atoms with van der Waals surface area (Å²) in [6, 6.07) is 5.82. The standard InChI is InChI=1S/C13H18O10S3.3Na/c1-2-11-3-5-12(6-4-11)23-7-13(8-24(14,15)16,9-25(17,18)19)10-26(20,21)22;;;/h2-6H,1,7-10H2,(H,14,15,16)(H,17,18,19)(H,20,21,22);;;/q;3*+1/p-3. The minimum Gasteiger partial charge on any atom is -0.748 e. The summed E-state index contributed by atoms with van der Waals surface area (Å²) in [4.78, 5) is 0. The molecule has 0 bridgehead atoms. The van der Waals surface area contributed by atoms with Crippen LogP contribution in [0.1, 0.15) is 5.56 Å². The molecule has 0 aliphatic rings. The quantitative estimate of drug-likeness (QED) is 0.223. The normalized spacial score (nSPS) is 12.0. The van der Waals surface area contributed by atoms with Crippen LogP contribution in [0.3, 0.4) is 0 Å². The molecule has 0 atom stereocenters. The van der Waals surface area contributed by atoms with Gasteiger partial charge in [0, 0.05) is 22.7 Å². The van der Waals surface area contributed by atoms with Gasteiger partial charge in [-0.2, -0.15) is 0 Å². The molecule has 1 aromatic carbocycles. The molecule has 0 saturated heterocycles. The van der Waals surface area contributed by atoms with Gasteiger partial charge in [-0.05, 0) is 17.7 Å². The van der Waals surface area contributed by atoms with Crippen LogP contribution in [0, 0.1) is 5.41 Å². The molecular formula is C13H15Na3O10S3. The van der Waals surface area contributed by atoms with Gasteiger partial charge in [-0.1, -0.05) is 24.8 Å². The number of hydrogen-bond donors (Lipinski definition) is 0. The van der Waals surface area contributed by atoms with E-state index in [1.54, 1.807) is 0 Å². The van der Waals surface area contributed by atoms with E-state index in [1.165, 1.54) is 30.3 Å². The number of benzene rings is 1. The second kappa shape index (κ2) is 13.9. The zero-order chi connectivity index (χ0) is 20.2. The SMILES string of the molecule is C=Cc1ccc(OCC(CS(=O)(=O)[O-])(CS(=O)(=O)[O-])CS(=O)(=O)[O-])cc1.[Na+].[Na+].[Na+]. The van der Waals surface area contributed by atoms with Gasteiger partial charge in [0.2, 0.25) is 0 Å².